The SMILES string of the molecule is CC(C)(C)CN(CC(=O)O)C(=O)C1CCCO1. The first-order chi connectivity index (χ1) is 7.79. The van der Waals surface area contributed by atoms with E-state index in [2.05, 4.69) is 0 Å². The summed E-state index contributed by atoms with van der Waals surface area (Å²) >= 11 is 0. The fraction of sp³-hybridized carbons (Fsp3) is 0.833. The van der Waals surface area contributed by atoms with Gasteiger partial charge in [0.1, 0.15) is 12.6 Å². The molecular formula is C12H21NO4. The summed E-state index contributed by atoms with van der Waals surface area (Å²) < 4.78 is 5.31. The molecule has 1 N–H and O–H groups in total. The highest BCUT2D eigenvalue weighted by Gasteiger charge is 2.31. The maximum Gasteiger partial charge on any atom is 0.323 e. The van der Waals surface area contributed by atoms with E-state index < -0.39 is 12.1 Å². The second kappa shape index (κ2) is 5.49. The van der Waals surface area contributed by atoms with Crippen molar-refractivity contribution >= 4 is 11.9 Å². The number of carboxylic acids is 1. The zero-order valence-corrected chi connectivity index (χ0v) is 10.7. The number of carbonyl (C=O) groups is 2. The fourth-order valence-electron chi connectivity index (χ4n) is 1.92. The average Bonchev–Trinajstić information content (AvgIpc) is 2.65. The second-order valence-electron chi connectivity index (χ2n) is 5.65. The monoisotopic (exact) mass is 243 g/mol. The summed E-state index contributed by atoms with van der Waals surface area (Å²) in [6.07, 6.45) is 1.11. The molecule has 0 bridgehead atoms. The third-order valence-corrected chi connectivity index (χ3v) is 2.51. The Labute approximate surface area is 102 Å². The molecule has 1 fully saturated rings. The predicted octanol–water partition coefficient (Wildman–Crippen LogP) is 1.12. The van der Waals surface area contributed by atoms with Crippen LogP contribution >= 0.6 is 0 Å². The van der Waals surface area contributed by atoms with E-state index in [9.17, 15) is 9.59 Å². The molecule has 0 radical (unpaired) electrons. The molecule has 1 aliphatic rings. The topological polar surface area (TPSA) is 66.8 Å². The van der Waals surface area contributed by atoms with Crippen LogP contribution in [0.3, 0.4) is 0 Å². The Morgan fingerprint density at radius 1 is 1.41 bits per heavy atom. The molecule has 5 heteroatoms. The van der Waals surface area contributed by atoms with E-state index in [-0.39, 0.29) is 17.9 Å². The van der Waals surface area contributed by atoms with Crippen LogP contribution in [-0.4, -0.2) is 47.7 Å². The van der Waals surface area contributed by atoms with Crippen molar-refractivity contribution in [2.75, 3.05) is 19.7 Å². The van der Waals surface area contributed by atoms with Crippen molar-refractivity contribution in [1.82, 2.24) is 4.90 Å². The summed E-state index contributed by atoms with van der Waals surface area (Å²) in [5, 5.41) is 8.84. The highest BCUT2D eigenvalue weighted by atomic mass is 16.5. The summed E-state index contributed by atoms with van der Waals surface area (Å²) in [5.74, 6) is -1.18. The number of ether oxygens (including phenoxy) is 1. The molecule has 0 saturated carbocycles. The summed E-state index contributed by atoms with van der Waals surface area (Å²) in [4.78, 5) is 24.3. The van der Waals surface area contributed by atoms with Gasteiger partial charge in [0.15, 0.2) is 0 Å². The lowest BCUT2D eigenvalue weighted by Gasteiger charge is -2.30. The lowest BCUT2D eigenvalue weighted by atomic mass is 9.95. The van der Waals surface area contributed by atoms with Crippen LogP contribution in [0.4, 0.5) is 0 Å². The standard InChI is InChI=1S/C12H21NO4/c1-12(2,3)8-13(7-10(14)15)11(16)9-5-4-6-17-9/h9H,4-8H2,1-3H3,(H,14,15). The molecule has 1 atom stereocenters. The molecule has 0 aromatic carbocycles. The van der Waals surface area contributed by atoms with Crippen LogP contribution in [0.5, 0.6) is 0 Å². The minimum Gasteiger partial charge on any atom is -0.480 e. The van der Waals surface area contributed by atoms with Crippen LogP contribution in [0.2, 0.25) is 0 Å². The van der Waals surface area contributed by atoms with Gasteiger partial charge in [-0.05, 0) is 18.3 Å². The van der Waals surface area contributed by atoms with E-state index in [4.69, 9.17) is 9.84 Å². The Bertz CT molecular complexity index is 289. The summed E-state index contributed by atoms with van der Waals surface area (Å²) in [6.45, 7) is 6.70. The Balaban J connectivity index is 2.67. The largest absolute Gasteiger partial charge is 0.480 e. The minimum atomic E-state index is -0.986. The number of hydrogen-bond donors (Lipinski definition) is 1. The maximum absolute atomic E-state index is 12.1. The molecule has 1 heterocycles. The van der Waals surface area contributed by atoms with E-state index in [0.717, 1.165) is 6.42 Å². The smallest absolute Gasteiger partial charge is 0.323 e. The molecule has 0 spiro atoms. The van der Waals surface area contributed by atoms with E-state index >= 15 is 0 Å². The number of amides is 1. The van der Waals surface area contributed by atoms with E-state index in [0.29, 0.717) is 19.6 Å². The van der Waals surface area contributed by atoms with Crippen molar-refractivity contribution < 1.29 is 19.4 Å². The number of rotatable bonds is 4. The first-order valence-electron chi connectivity index (χ1n) is 5.92. The lowest BCUT2D eigenvalue weighted by molar-refractivity contribution is -0.150. The van der Waals surface area contributed by atoms with Gasteiger partial charge in [0.25, 0.3) is 5.91 Å². The quantitative estimate of drug-likeness (QED) is 0.803. The Morgan fingerprint density at radius 3 is 2.47 bits per heavy atom. The van der Waals surface area contributed by atoms with E-state index in [1.807, 2.05) is 20.8 Å². The highest BCUT2D eigenvalue weighted by Crippen LogP contribution is 2.19. The predicted molar refractivity (Wildman–Crippen MR) is 62.6 cm³/mol. The van der Waals surface area contributed by atoms with Gasteiger partial charge in [-0.1, -0.05) is 20.8 Å². The van der Waals surface area contributed by atoms with Crippen molar-refractivity contribution in [3.63, 3.8) is 0 Å². The Morgan fingerprint density at radius 2 is 2.06 bits per heavy atom. The maximum atomic E-state index is 12.1. The molecule has 0 aromatic rings. The lowest BCUT2D eigenvalue weighted by Crippen LogP contribution is -2.45. The third-order valence-electron chi connectivity index (χ3n) is 2.51. The summed E-state index contributed by atoms with van der Waals surface area (Å²) in [6, 6.07) is 0. The molecule has 1 unspecified atom stereocenters. The summed E-state index contributed by atoms with van der Waals surface area (Å²) in [5.41, 5.74) is -0.121. The molecule has 0 aliphatic carbocycles. The zero-order valence-electron chi connectivity index (χ0n) is 10.7. The van der Waals surface area contributed by atoms with Crippen molar-refractivity contribution in [2.24, 2.45) is 5.41 Å². The number of hydrogen-bond acceptors (Lipinski definition) is 3. The molecule has 98 valence electrons. The van der Waals surface area contributed by atoms with E-state index in [1.165, 1.54) is 4.90 Å². The first-order valence-corrected chi connectivity index (χ1v) is 5.92. The average molecular weight is 243 g/mol. The molecule has 1 rings (SSSR count). The van der Waals surface area contributed by atoms with Crippen molar-refractivity contribution in [3.8, 4) is 0 Å². The van der Waals surface area contributed by atoms with Crippen LogP contribution in [0.15, 0.2) is 0 Å². The molecule has 0 aromatic heterocycles. The molecule has 1 aliphatic heterocycles. The van der Waals surface area contributed by atoms with Gasteiger partial charge in [0, 0.05) is 13.2 Å². The van der Waals surface area contributed by atoms with Gasteiger partial charge in [0.2, 0.25) is 0 Å². The number of nitrogens with zero attached hydrogens (tertiary/aromatic N) is 1. The van der Waals surface area contributed by atoms with Crippen LogP contribution in [0, 0.1) is 5.41 Å². The van der Waals surface area contributed by atoms with Gasteiger partial charge in [-0.3, -0.25) is 9.59 Å². The highest BCUT2D eigenvalue weighted by molar-refractivity contribution is 5.84. The van der Waals surface area contributed by atoms with Crippen LogP contribution in [0.25, 0.3) is 0 Å². The van der Waals surface area contributed by atoms with Crippen molar-refractivity contribution in [2.45, 2.75) is 39.7 Å². The second-order valence-corrected chi connectivity index (χ2v) is 5.65. The number of aliphatic carboxylic acids is 1. The fourth-order valence-corrected chi connectivity index (χ4v) is 1.92. The third kappa shape index (κ3) is 4.73. The van der Waals surface area contributed by atoms with Crippen molar-refractivity contribution in [1.29, 1.82) is 0 Å². The van der Waals surface area contributed by atoms with Crippen molar-refractivity contribution in [3.05, 3.63) is 0 Å². The number of carbonyl (C=O) groups excluding carboxylic acids is 1. The van der Waals surface area contributed by atoms with Gasteiger partial charge in [-0.15, -0.1) is 0 Å². The van der Waals surface area contributed by atoms with E-state index in [1.54, 1.807) is 0 Å². The summed E-state index contributed by atoms with van der Waals surface area (Å²) in [7, 11) is 0. The molecule has 1 amide bonds. The molecule has 17 heavy (non-hydrogen) atoms. The van der Waals surface area contributed by atoms with Crippen LogP contribution in [0.1, 0.15) is 33.6 Å². The molecule has 1 saturated heterocycles. The zero-order chi connectivity index (χ0) is 13.1. The number of carboxylic acid groups (broad SMARTS) is 1. The van der Waals surface area contributed by atoms with Crippen LogP contribution < -0.4 is 0 Å². The molecule has 5 nitrogen and oxygen atoms in total. The van der Waals surface area contributed by atoms with Gasteiger partial charge in [-0.25, -0.2) is 0 Å². The Kier molecular flexibility index (Phi) is 4.51. The van der Waals surface area contributed by atoms with Gasteiger partial charge < -0.3 is 14.7 Å². The first kappa shape index (κ1) is 14.0. The van der Waals surface area contributed by atoms with Gasteiger partial charge in [0.05, 0.1) is 0 Å². The molecular weight excluding hydrogens is 222 g/mol. The van der Waals surface area contributed by atoms with Gasteiger partial charge >= 0.3 is 5.97 Å². The Hall–Kier alpha value is -1.10. The van der Waals surface area contributed by atoms with Crippen LogP contribution in [-0.2, 0) is 14.3 Å². The van der Waals surface area contributed by atoms with Gasteiger partial charge in [-0.2, -0.15) is 0 Å². The minimum absolute atomic E-state index is 0.121. The normalized spacial score (nSPS) is 20.3.